The largest absolute Gasteiger partial charge is 0.377 e. The topological polar surface area (TPSA) is 67.6 Å². The van der Waals surface area contributed by atoms with Crippen LogP contribution in [0.25, 0.3) is 0 Å². The van der Waals surface area contributed by atoms with Crippen molar-refractivity contribution in [2.75, 3.05) is 26.7 Å². The summed E-state index contributed by atoms with van der Waals surface area (Å²) in [6.45, 7) is 8.86. The molecule has 5 heteroatoms. The van der Waals surface area contributed by atoms with Crippen LogP contribution in [0, 0.1) is 0 Å². The zero-order chi connectivity index (χ0) is 14.5. The Morgan fingerprint density at radius 2 is 2.32 bits per heavy atom. The van der Waals surface area contributed by atoms with Crippen LogP contribution >= 0.6 is 0 Å². The van der Waals surface area contributed by atoms with Gasteiger partial charge in [-0.1, -0.05) is 0 Å². The van der Waals surface area contributed by atoms with Gasteiger partial charge in [0, 0.05) is 19.2 Å². The third-order valence-electron chi connectivity index (χ3n) is 4.23. The van der Waals surface area contributed by atoms with Crippen LogP contribution in [-0.2, 0) is 9.53 Å². The van der Waals surface area contributed by atoms with Crippen molar-refractivity contribution in [1.29, 1.82) is 0 Å². The molecule has 1 saturated heterocycles. The van der Waals surface area contributed by atoms with Crippen LogP contribution in [-0.4, -0.2) is 55.2 Å². The van der Waals surface area contributed by atoms with Crippen molar-refractivity contribution in [2.45, 2.75) is 57.7 Å². The van der Waals surface area contributed by atoms with Gasteiger partial charge in [-0.05, 0) is 53.6 Å². The van der Waals surface area contributed by atoms with Gasteiger partial charge in [-0.25, -0.2) is 0 Å². The lowest BCUT2D eigenvalue weighted by Gasteiger charge is -2.39. The van der Waals surface area contributed by atoms with Gasteiger partial charge in [-0.3, -0.25) is 9.69 Å². The summed E-state index contributed by atoms with van der Waals surface area (Å²) >= 11 is 0. The second kappa shape index (κ2) is 7.22. The molecule has 19 heavy (non-hydrogen) atoms. The summed E-state index contributed by atoms with van der Waals surface area (Å²) in [7, 11) is 1.79. The van der Waals surface area contributed by atoms with Gasteiger partial charge < -0.3 is 15.8 Å². The molecule has 1 heterocycles. The molecule has 1 fully saturated rings. The maximum Gasteiger partial charge on any atom is 0.237 e. The minimum absolute atomic E-state index is 0.291. The third-order valence-corrected chi connectivity index (χ3v) is 4.23. The molecule has 0 aromatic carbocycles. The van der Waals surface area contributed by atoms with Gasteiger partial charge in [0.25, 0.3) is 0 Å². The van der Waals surface area contributed by atoms with Gasteiger partial charge in [0.1, 0.15) is 0 Å². The van der Waals surface area contributed by atoms with Gasteiger partial charge in [0.15, 0.2) is 0 Å². The maximum atomic E-state index is 11.6. The monoisotopic (exact) mass is 271 g/mol. The van der Waals surface area contributed by atoms with Crippen LogP contribution in [0.2, 0.25) is 0 Å². The van der Waals surface area contributed by atoms with Crippen LogP contribution in [0.3, 0.4) is 0 Å². The predicted octanol–water partition coefficient (Wildman–Crippen LogP) is 0.729. The Balaban J connectivity index is 2.57. The molecule has 112 valence electrons. The van der Waals surface area contributed by atoms with E-state index >= 15 is 0 Å². The number of nitrogens with one attached hydrogen (secondary N) is 1. The fourth-order valence-corrected chi connectivity index (χ4v) is 2.78. The number of ether oxygens (including phenoxy) is 1. The van der Waals surface area contributed by atoms with E-state index in [2.05, 4.69) is 17.1 Å². The van der Waals surface area contributed by atoms with Gasteiger partial charge in [0.2, 0.25) is 5.91 Å². The summed E-state index contributed by atoms with van der Waals surface area (Å²) < 4.78 is 5.72. The van der Waals surface area contributed by atoms with E-state index in [0.717, 1.165) is 39.0 Å². The minimum Gasteiger partial charge on any atom is -0.377 e. The van der Waals surface area contributed by atoms with E-state index in [1.165, 1.54) is 0 Å². The average molecular weight is 271 g/mol. The van der Waals surface area contributed by atoms with Crippen LogP contribution in [0.1, 0.15) is 40.0 Å². The second-order valence-electron chi connectivity index (χ2n) is 5.71. The van der Waals surface area contributed by atoms with Crippen LogP contribution < -0.4 is 11.1 Å². The lowest BCUT2D eigenvalue weighted by molar-refractivity contribution is -0.124. The van der Waals surface area contributed by atoms with Gasteiger partial charge >= 0.3 is 0 Å². The molecule has 3 N–H and O–H groups in total. The molecule has 1 rings (SSSR count). The number of likely N-dealkylation sites (N-methyl/N-ethyl adjacent to an activating group) is 1. The van der Waals surface area contributed by atoms with Crippen molar-refractivity contribution in [2.24, 2.45) is 5.73 Å². The number of carbonyl (C=O) groups excluding carboxylic acids is 1. The van der Waals surface area contributed by atoms with Crippen LogP contribution in [0.15, 0.2) is 0 Å². The number of hydrogen-bond donors (Lipinski definition) is 2. The molecule has 5 nitrogen and oxygen atoms in total. The number of nitrogens with zero attached hydrogens (tertiary/aromatic N) is 1. The van der Waals surface area contributed by atoms with Crippen molar-refractivity contribution in [3.63, 3.8) is 0 Å². The fourth-order valence-electron chi connectivity index (χ4n) is 2.78. The van der Waals surface area contributed by atoms with E-state index in [1.807, 2.05) is 13.8 Å². The molecular formula is C14H29N3O2. The molecule has 1 aliphatic rings. The van der Waals surface area contributed by atoms with Crippen LogP contribution in [0.4, 0.5) is 0 Å². The standard InChI is InChI=1S/C14H29N3O2/c1-5-19-12-7-6-8-17(10-12)11(2)9-14(3,16-4)13(15)18/h11-12,16H,5-10H2,1-4H3,(H2,15,18). The number of carbonyl (C=O) groups is 1. The lowest BCUT2D eigenvalue weighted by atomic mass is 9.91. The first kappa shape index (κ1) is 16.4. The fraction of sp³-hybridized carbons (Fsp3) is 0.929. The molecule has 1 amide bonds. The number of rotatable bonds is 7. The van der Waals surface area contributed by atoms with Gasteiger partial charge in [-0.15, -0.1) is 0 Å². The first-order chi connectivity index (χ1) is 8.92. The summed E-state index contributed by atoms with van der Waals surface area (Å²) in [5.41, 5.74) is 4.85. The molecule has 1 aliphatic heterocycles. The SMILES string of the molecule is CCOC1CCCN(C(C)CC(C)(NC)C(N)=O)C1. The van der Waals surface area contributed by atoms with Gasteiger partial charge in [0.05, 0.1) is 11.6 Å². The normalized spacial score (nSPS) is 25.8. The Hall–Kier alpha value is -0.650. The third kappa shape index (κ3) is 4.44. The Morgan fingerprint density at radius 1 is 1.63 bits per heavy atom. The molecule has 0 spiro atoms. The van der Waals surface area contributed by atoms with Crippen molar-refractivity contribution in [1.82, 2.24) is 10.2 Å². The zero-order valence-corrected chi connectivity index (χ0v) is 12.7. The molecule has 0 saturated carbocycles. The van der Waals surface area contributed by atoms with Crippen molar-refractivity contribution < 1.29 is 9.53 Å². The molecule has 0 aromatic heterocycles. The summed E-state index contributed by atoms with van der Waals surface area (Å²) in [4.78, 5) is 14.0. The first-order valence-corrected chi connectivity index (χ1v) is 7.27. The van der Waals surface area contributed by atoms with E-state index in [4.69, 9.17) is 10.5 Å². The highest BCUT2D eigenvalue weighted by molar-refractivity contribution is 5.84. The average Bonchev–Trinajstić information content (AvgIpc) is 2.39. The smallest absolute Gasteiger partial charge is 0.237 e. The van der Waals surface area contributed by atoms with Gasteiger partial charge in [-0.2, -0.15) is 0 Å². The molecule has 3 atom stereocenters. The van der Waals surface area contributed by atoms with E-state index in [0.29, 0.717) is 12.1 Å². The number of likely N-dealkylation sites (tertiary alicyclic amines) is 1. The molecular weight excluding hydrogens is 242 g/mol. The van der Waals surface area contributed by atoms with Crippen molar-refractivity contribution in [3.05, 3.63) is 0 Å². The number of nitrogens with two attached hydrogens (primary N) is 1. The van der Waals surface area contributed by atoms with E-state index in [1.54, 1.807) is 7.05 Å². The maximum absolute atomic E-state index is 11.6. The second-order valence-corrected chi connectivity index (χ2v) is 5.71. The van der Waals surface area contributed by atoms with E-state index in [9.17, 15) is 4.79 Å². The first-order valence-electron chi connectivity index (χ1n) is 7.27. The number of primary amides is 1. The highest BCUT2D eigenvalue weighted by Gasteiger charge is 2.34. The summed E-state index contributed by atoms with van der Waals surface area (Å²) in [6.07, 6.45) is 3.34. The molecule has 0 radical (unpaired) electrons. The Bertz CT molecular complexity index is 296. The summed E-state index contributed by atoms with van der Waals surface area (Å²) in [5.74, 6) is -0.291. The van der Waals surface area contributed by atoms with E-state index in [-0.39, 0.29) is 5.91 Å². The Kier molecular flexibility index (Phi) is 6.23. The molecule has 0 bridgehead atoms. The summed E-state index contributed by atoms with van der Waals surface area (Å²) in [5, 5.41) is 3.05. The highest BCUT2D eigenvalue weighted by Crippen LogP contribution is 2.21. The molecule has 3 unspecified atom stereocenters. The Morgan fingerprint density at radius 3 is 2.84 bits per heavy atom. The predicted molar refractivity (Wildman–Crippen MR) is 77.0 cm³/mol. The zero-order valence-electron chi connectivity index (χ0n) is 12.7. The van der Waals surface area contributed by atoms with Crippen LogP contribution in [0.5, 0.6) is 0 Å². The number of piperidine rings is 1. The molecule has 0 aliphatic carbocycles. The minimum atomic E-state index is -0.641. The summed E-state index contributed by atoms with van der Waals surface area (Å²) in [6, 6.07) is 0.313. The van der Waals surface area contributed by atoms with Crippen molar-refractivity contribution >= 4 is 5.91 Å². The Labute approximate surface area is 116 Å². The highest BCUT2D eigenvalue weighted by atomic mass is 16.5. The van der Waals surface area contributed by atoms with Crippen molar-refractivity contribution in [3.8, 4) is 0 Å². The molecule has 0 aromatic rings. The van der Waals surface area contributed by atoms with E-state index < -0.39 is 5.54 Å². The quantitative estimate of drug-likeness (QED) is 0.716. The number of hydrogen-bond acceptors (Lipinski definition) is 4. The number of amides is 1. The lowest BCUT2D eigenvalue weighted by Crippen LogP contribution is -2.56.